The van der Waals surface area contributed by atoms with E-state index in [1.807, 2.05) is 92.8 Å². The Balaban J connectivity index is 1.77. The normalized spacial score (nSPS) is 13.9. The fraction of sp³-hybridized carbons (Fsp3) is 0.167. The lowest BCUT2D eigenvalue weighted by Gasteiger charge is -2.19. The molecule has 2 heterocycles. The number of carbonyl (C=O) groups is 2. The SMILES string of the molecule is Cc1cccc(N2C(=O)C(Nc3ccc(N(C)C)cc3)=C(c3cccs3)C2=O)c1C. The molecule has 0 atom stereocenters. The first-order valence-electron chi connectivity index (χ1n) is 9.66. The van der Waals surface area contributed by atoms with E-state index in [1.54, 1.807) is 0 Å². The summed E-state index contributed by atoms with van der Waals surface area (Å²) in [7, 11) is 3.95. The molecule has 5 nitrogen and oxygen atoms in total. The molecule has 0 saturated carbocycles. The molecular formula is C24H23N3O2S. The molecule has 4 rings (SSSR count). The zero-order valence-electron chi connectivity index (χ0n) is 17.4. The predicted molar refractivity (Wildman–Crippen MR) is 124 cm³/mol. The molecule has 1 aliphatic heterocycles. The van der Waals surface area contributed by atoms with Crippen LogP contribution in [0.25, 0.3) is 5.57 Å². The molecule has 0 fully saturated rings. The fourth-order valence-corrected chi connectivity index (χ4v) is 4.25. The highest BCUT2D eigenvalue weighted by Crippen LogP contribution is 2.37. The van der Waals surface area contributed by atoms with Crippen LogP contribution in [-0.4, -0.2) is 25.9 Å². The Morgan fingerprint density at radius 2 is 1.63 bits per heavy atom. The van der Waals surface area contributed by atoms with Crippen molar-refractivity contribution in [3.8, 4) is 0 Å². The van der Waals surface area contributed by atoms with Gasteiger partial charge < -0.3 is 10.2 Å². The van der Waals surface area contributed by atoms with Crippen LogP contribution in [0.5, 0.6) is 0 Å². The zero-order valence-corrected chi connectivity index (χ0v) is 18.2. The first-order valence-corrected chi connectivity index (χ1v) is 10.5. The maximum Gasteiger partial charge on any atom is 0.282 e. The summed E-state index contributed by atoms with van der Waals surface area (Å²) in [6.07, 6.45) is 0. The van der Waals surface area contributed by atoms with E-state index in [0.717, 1.165) is 27.4 Å². The number of rotatable bonds is 5. The summed E-state index contributed by atoms with van der Waals surface area (Å²) in [6.45, 7) is 3.91. The number of carbonyl (C=O) groups excluding carboxylic acids is 2. The molecule has 0 spiro atoms. The molecule has 0 bridgehead atoms. The number of nitrogens with one attached hydrogen (secondary N) is 1. The lowest BCUT2D eigenvalue weighted by Crippen LogP contribution is -2.33. The van der Waals surface area contributed by atoms with Crippen molar-refractivity contribution in [3.63, 3.8) is 0 Å². The molecule has 1 N–H and O–H groups in total. The molecule has 30 heavy (non-hydrogen) atoms. The number of aryl methyl sites for hydroxylation is 1. The van der Waals surface area contributed by atoms with Gasteiger partial charge in [0.25, 0.3) is 11.8 Å². The molecular weight excluding hydrogens is 394 g/mol. The Morgan fingerprint density at radius 3 is 2.27 bits per heavy atom. The Hall–Kier alpha value is -3.38. The van der Waals surface area contributed by atoms with Crippen LogP contribution in [0.2, 0.25) is 0 Å². The summed E-state index contributed by atoms with van der Waals surface area (Å²) in [5.74, 6) is -0.641. The standard InChI is InChI=1S/C24H23N3O2S/c1-15-7-5-8-19(16(15)2)27-23(28)21(20-9-6-14-30-20)22(24(27)29)25-17-10-12-18(13-11-17)26(3)4/h5-14,25H,1-4H3. The quantitative estimate of drug-likeness (QED) is 0.605. The van der Waals surface area contributed by atoms with Crippen molar-refractivity contribution in [1.82, 2.24) is 0 Å². The monoisotopic (exact) mass is 417 g/mol. The highest BCUT2D eigenvalue weighted by atomic mass is 32.1. The lowest BCUT2D eigenvalue weighted by atomic mass is 10.1. The van der Waals surface area contributed by atoms with E-state index in [2.05, 4.69) is 5.32 Å². The van der Waals surface area contributed by atoms with Crippen LogP contribution in [-0.2, 0) is 9.59 Å². The van der Waals surface area contributed by atoms with E-state index in [1.165, 1.54) is 16.2 Å². The summed E-state index contributed by atoms with van der Waals surface area (Å²) in [4.78, 5) is 30.9. The number of thiophene rings is 1. The van der Waals surface area contributed by atoms with Gasteiger partial charge in [-0.1, -0.05) is 18.2 Å². The summed E-state index contributed by atoms with van der Waals surface area (Å²) >= 11 is 1.45. The van der Waals surface area contributed by atoms with Crippen molar-refractivity contribution in [3.05, 3.63) is 81.7 Å². The summed E-state index contributed by atoms with van der Waals surface area (Å²) in [5, 5.41) is 5.12. The van der Waals surface area contributed by atoms with Crippen molar-refractivity contribution in [2.45, 2.75) is 13.8 Å². The Labute approximate surface area is 180 Å². The molecule has 0 saturated heterocycles. The average Bonchev–Trinajstić information content (AvgIpc) is 3.32. The Kier molecular flexibility index (Phi) is 5.18. The minimum Gasteiger partial charge on any atom is -0.378 e. The molecule has 2 amide bonds. The predicted octanol–water partition coefficient (Wildman–Crippen LogP) is 4.83. The van der Waals surface area contributed by atoms with Crippen molar-refractivity contribution in [2.24, 2.45) is 0 Å². The van der Waals surface area contributed by atoms with Gasteiger partial charge in [-0.2, -0.15) is 0 Å². The largest absolute Gasteiger partial charge is 0.378 e. The third-order valence-corrected chi connectivity index (χ3v) is 6.21. The third kappa shape index (κ3) is 3.39. The van der Waals surface area contributed by atoms with E-state index in [4.69, 9.17) is 0 Å². The maximum absolute atomic E-state index is 13.4. The van der Waals surface area contributed by atoms with Crippen LogP contribution in [0, 0.1) is 13.8 Å². The van der Waals surface area contributed by atoms with E-state index in [-0.39, 0.29) is 11.8 Å². The lowest BCUT2D eigenvalue weighted by molar-refractivity contribution is -0.120. The summed E-state index contributed by atoms with van der Waals surface area (Å²) in [5.41, 5.74) is 5.10. The van der Waals surface area contributed by atoms with Gasteiger partial charge in [-0.3, -0.25) is 9.59 Å². The Bertz CT molecular complexity index is 1150. The second-order valence-electron chi connectivity index (χ2n) is 7.46. The zero-order chi connectivity index (χ0) is 21.4. The van der Waals surface area contributed by atoms with Gasteiger partial charge in [-0.15, -0.1) is 11.3 Å². The smallest absolute Gasteiger partial charge is 0.282 e. The fourth-order valence-electron chi connectivity index (χ4n) is 3.48. The number of hydrogen-bond donors (Lipinski definition) is 1. The number of amides is 2. The molecule has 2 aromatic carbocycles. The van der Waals surface area contributed by atoms with E-state index < -0.39 is 0 Å². The van der Waals surface area contributed by atoms with Crippen molar-refractivity contribution >= 4 is 45.8 Å². The molecule has 0 aliphatic carbocycles. The molecule has 3 aromatic rings. The first kappa shape index (κ1) is 19.9. The number of imide groups is 1. The number of hydrogen-bond acceptors (Lipinski definition) is 5. The van der Waals surface area contributed by atoms with Gasteiger partial charge in [-0.05, 0) is 66.8 Å². The summed E-state index contributed by atoms with van der Waals surface area (Å²) in [6, 6.07) is 17.2. The van der Waals surface area contributed by atoms with E-state index in [0.29, 0.717) is 17.0 Å². The third-order valence-electron chi connectivity index (χ3n) is 5.32. The van der Waals surface area contributed by atoms with Crippen LogP contribution >= 0.6 is 11.3 Å². The second-order valence-corrected chi connectivity index (χ2v) is 8.41. The molecule has 0 radical (unpaired) electrons. The number of anilines is 3. The van der Waals surface area contributed by atoms with Crippen LogP contribution in [0.1, 0.15) is 16.0 Å². The first-order chi connectivity index (χ1) is 14.4. The van der Waals surface area contributed by atoms with Crippen molar-refractivity contribution < 1.29 is 9.59 Å². The van der Waals surface area contributed by atoms with Gasteiger partial charge in [-0.25, -0.2) is 4.90 Å². The van der Waals surface area contributed by atoms with Crippen molar-refractivity contribution in [1.29, 1.82) is 0 Å². The minimum atomic E-state index is -0.339. The van der Waals surface area contributed by atoms with Crippen LogP contribution in [0.3, 0.4) is 0 Å². The summed E-state index contributed by atoms with van der Waals surface area (Å²) < 4.78 is 0. The van der Waals surface area contributed by atoms with Gasteiger partial charge in [0.15, 0.2) is 0 Å². The minimum absolute atomic E-state index is 0.302. The highest BCUT2D eigenvalue weighted by molar-refractivity contribution is 7.11. The topological polar surface area (TPSA) is 52.7 Å². The van der Waals surface area contributed by atoms with Crippen LogP contribution in [0.15, 0.2) is 65.7 Å². The van der Waals surface area contributed by atoms with E-state index in [9.17, 15) is 9.59 Å². The van der Waals surface area contributed by atoms with Gasteiger partial charge in [0.2, 0.25) is 0 Å². The molecule has 1 aromatic heterocycles. The van der Waals surface area contributed by atoms with Crippen LogP contribution in [0.4, 0.5) is 17.1 Å². The van der Waals surface area contributed by atoms with Gasteiger partial charge in [0.05, 0.1) is 11.3 Å². The number of benzene rings is 2. The molecule has 152 valence electrons. The average molecular weight is 418 g/mol. The molecule has 1 aliphatic rings. The van der Waals surface area contributed by atoms with Gasteiger partial charge >= 0.3 is 0 Å². The number of nitrogens with zero attached hydrogens (tertiary/aromatic N) is 2. The molecule has 0 unspecified atom stereocenters. The van der Waals surface area contributed by atoms with E-state index >= 15 is 0 Å². The van der Waals surface area contributed by atoms with Gasteiger partial charge in [0, 0.05) is 30.3 Å². The second kappa shape index (κ2) is 7.80. The maximum atomic E-state index is 13.4. The Morgan fingerprint density at radius 1 is 0.900 bits per heavy atom. The van der Waals surface area contributed by atoms with Gasteiger partial charge in [0.1, 0.15) is 5.70 Å². The van der Waals surface area contributed by atoms with Crippen molar-refractivity contribution in [2.75, 3.05) is 29.2 Å². The van der Waals surface area contributed by atoms with Crippen LogP contribution < -0.4 is 15.1 Å². The highest BCUT2D eigenvalue weighted by Gasteiger charge is 2.41. The molecule has 6 heteroatoms.